The predicted octanol–water partition coefficient (Wildman–Crippen LogP) is 2.65. The van der Waals surface area contributed by atoms with Gasteiger partial charge in [-0.05, 0) is 36.8 Å². The van der Waals surface area contributed by atoms with Crippen molar-refractivity contribution >= 4 is 5.91 Å². The average Bonchev–Trinajstić information content (AvgIpc) is 3.05. The molecule has 0 saturated carbocycles. The molecule has 2 heterocycles. The van der Waals surface area contributed by atoms with Crippen molar-refractivity contribution in [2.45, 2.75) is 13.0 Å². The summed E-state index contributed by atoms with van der Waals surface area (Å²) >= 11 is 0. The highest BCUT2D eigenvalue weighted by molar-refractivity contribution is 5.92. The number of pyridine rings is 1. The quantitative estimate of drug-likeness (QED) is 0.778. The Morgan fingerprint density at radius 2 is 1.96 bits per heavy atom. The molecule has 0 saturated heterocycles. The van der Waals surface area contributed by atoms with E-state index in [2.05, 4.69) is 15.3 Å². The van der Waals surface area contributed by atoms with Gasteiger partial charge in [0.2, 0.25) is 0 Å². The van der Waals surface area contributed by atoms with Crippen molar-refractivity contribution in [2.24, 2.45) is 7.05 Å². The number of ether oxygens (including phenoxy) is 1. The average molecular weight is 336 g/mol. The number of hydrogen-bond donors (Lipinski definition) is 1. The van der Waals surface area contributed by atoms with Crippen LogP contribution in [-0.4, -0.2) is 27.6 Å². The first-order valence-electron chi connectivity index (χ1n) is 7.94. The van der Waals surface area contributed by atoms with E-state index in [4.69, 9.17) is 4.74 Å². The fourth-order valence-electron chi connectivity index (χ4n) is 2.62. The van der Waals surface area contributed by atoms with Crippen LogP contribution in [0.4, 0.5) is 0 Å². The van der Waals surface area contributed by atoms with Gasteiger partial charge >= 0.3 is 0 Å². The first kappa shape index (κ1) is 16.7. The molecule has 6 heteroatoms. The molecular formula is C19H20N4O2. The van der Waals surface area contributed by atoms with Crippen molar-refractivity contribution < 1.29 is 9.53 Å². The molecule has 0 spiro atoms. The van der Waals surface area contributed by atoms with Crippen molar-refractivity contribution in [3.8, 4) is 5.75 Å². The summed E-state index contributed by atoms with van der Waals surface area (Å²) in [6.45, 7) is 1.86. The zero-order valence-corrected chi connectivity index (χ0v) is 14.4. The minimum Gasteiger partial charge on any atom is -0.497 e. The van der Waals surface area contributed by atoms with Gasteiger partial charge in [0, 0.05) is 25.1 Å². The Bertz CT molecular complexity index is 871. The van der Waals surface area contributed by atoms with Gasteiger partial charge in [-0.1, -0.05) is 18.2 Å². The Balaban J connectivity index is 1.94. The van der Waals surface area contributed by atoms with Gasteiger partial charge in [0.15, 0.2) is 0 Å². The maximum Gasteiger partial charge on any atom is 0.270 e. The van der Waals surface area contributed by atoms with Crippen molar-refractivity contribution in [3.05, 3.63) is 77.6 Å². The second-order valence-corrected chi connectivity index (χ2v) is 5.74. The Morgan fingerprint density at radius 3 is 2.56 bits per heavy atom. The van der Waals surface area contributed by atoms with E-state index in [-0.39, 0.29) is 11.9 Å². The molecule has 0 radical (unpaired) electrons. The number of nitrogens with one attached hydrogen (secondary N) is 1. The molecule has 0 aliphatic rings. The number of nitrogens with zero attached hydrogens (tertiary/aromatic N) is 3. The van der Waals surface area contributed by atoms with E-state index in [0.717, 1.165) is 22.8 Å². The van der Waals surface area contributed by atoms with E-state index >= 15 is 0 Å². The largest absolute Gasteiger partial charge is 0.497 e. The highest BCUT2D eigenvalue weighted by atomic mass is 16.5. The van der Waals surface area contributed by atoms with Crippen molar-refractivity contribution in [1.29, 1.82) is 0 Å². The van der Waals surface area contributed by atoms with Crippen LogP contribution < -0.4 is 10.1 Å². The third-order valence-corrected chi connectivity index (χ3v) is 3.96. The molecule has 0 aliphatic carbocycles. The number of imidazole rings is 1. The number of benzene rings is 1. The van der Waals surface area contributed by atoms with Gasteiger partial charge < -0.3 is 14.6 Å². The number of carbonyl (C=O) groups excluding carboxylic acids is 1. The van der Waals surface area contributed by atoms with Crippen LogP contribution in [0.3, 0.4) is 0 Å². The smallest absolute Gasteiger partial charge is 0.270 e. The molecule has 6 nitrogen and oxygen atoms in total. The molecule has 1 N–H and O–H groups in total. The Labute approximate surface area is 146 Å². The zero-order valence-electron chi connectivity index (χ0n) is 14.4. The van der Waals surface area contributed by atoms with Crippen molar-refractivity contribution in [2.75, 3.05) is 7.11 Å². The first-order chi connectivity index (χ1) is 12.1. The summed E-state index contributed by atoms with van der Waals surface area (Å²) in [5.41, 5.74) is 2.09. The summed E-state index contributed by atoms with van der Waals surface area (Å²) in [4.78, 5) is 21.4. The molecule has 2 aromatic heterocycles. The number of carbonyl (C=O) groups is 1. The van der Waals surface area contributed by atoms with Gasteiger partial charge in [-0.25, -0.2) is 9.97 Å². The van der Waals surface area contributed by atoms with E-state index in [1.165, 1.54) is 0 Å². The van der Waals surface area contributed by atoms with Gasteiger partial charge in [-0.2, -0.15) is 0 Å². The summed E-state index contributed by atoms with van der Waals surface area (Å²) in [6, 6.07) is 12.6. The van der Waals surface area contributed by atoms with Crippen LogP contribution >= 0.6 is 0 Å². The Hall–Kier alpha value is -3.15. The maximum absolute atomic E-state index is 12.7. The molecular weight excluding hydrogens is 316 g/mol. The lowest BCUT2D eigenvalue weighted by Crippen LogP contribution is -2.31. The van der Waals surface area contributed by atoms with Gasteiger partial charge in [0.1, 0.15) is 23.3 Å². The van der Waals surface area contributed by atoms with Crippen LogP contribution in [0.1, 0.15) is 33.6 Å². The Kier molecular flexibility index (Phi) is 4.79. The minimum absolute atomic E-state index is 0.243. The number of amides is 1. The van der Waals surface area contributed by atoms with Crippen LogP contribution in [-0.2, 0) is 7.05 Å². The van der Waals surface area contributed by atoms with Crippen LogP contribution in [0.2, 0.25) is 0 Å². The summed E-state index contributed by atoms with van der Waals surface area (Å²) in [7, 11) is 3.52. The van der Waals surface area contributed by atoms with E-state index in [1.807, 2.05) is 61.1 Å². The van der Waals surface area contributed by atoms with E-state index in [9.17, 15) is 4.79 Å². The molecule has 3 rings (SSSR count). The molecule has 0 bridgehead atoms. The number of aryl methyl sites for hydroxylation is 2. The predicted molar refractivity (Wildman–Crippen MR) is 94.5 cm³/mol. The van der Waals surface area contributed by atoms with Gasteiger partial charge in [-0.15, -0.1) is 0 Å². The number of hydrogen-bond acceptors (Lipinski definition) is 4. The fourth-order valence-corrected chi connectivity index (χ4v) is 2.62. The Morgan fingerprint density at radius 1 is 1.20 bits per heavy atom. The van der Waals surface area contributed by atoms with Crippen molar-refractivity contribution in [1.82, 2.24) is 19.9 Å². The SMILES string of the molecule is COc1ccc(C(NC(=O)c2cccc(C)n2)c2nccn2C)cc1. The standard InChI is InChI=1S/C19H20N4O2/c1-13-5-4-6-16(21-13)19(24)22-17(18-20-11-12-23(18)2)14-7-9-15(25-3)10-8-14/h4-12,17H,1-3H3,(H,22,24). The molecule has 128 valence electrons. The highest BCUT2D eigenvalue weighted by Gasteiger charge is 2.22. The van der Waals surface area contributed by atoms with E-state index in [1.54, 1.807) is 19.4 Å². The van der Waals surface area contributed by atoms with Gasteiger partial charge in [-0.3, -0.25) is 4.79 Å². The third kappa shape index (κ3) is 3.68. The third-order valence-electron chi connectivity index (χ3n) is 3.96. The molecule has 1 amide bonds. The van der Waals surface area contributed by atoms with E-state index in [0.29, 0.717) is 5.69 Å². The monoisotopic (exact) mass is 336 g/mol. The number of rotatable bonds is 5. The van der Waals surface area contributed by atoms with E-state index < -0.39 is 0 Å². The van der Waals surface area contributed by atoms with Crippen LogP contribution in [0.5, 0.6) is 5.75 Å². The lowest BCUT2D eigenvalue weighted by Gasteiger charge is -2.19. The molecule has 1 aromatic carbocycles. The number of methoxy groups -OCH3 is 1. The first-order valence-corrected chi connectivity index (χ1v) is 7.94. The molecule has 3 aromatic rings. The normalized spacial score (nSPS) is 11.8. The van der Waals surface area contributed by atoms with Crippen LogP contribution in [0.15, 0.2) is 54.9 Å². The zero-order chi connectivity index (χ0) is 17.8. The molecule has 1 unspecified atom stereocenters. The van der Waals surface area contributed by atoms with Crippen molar-refractivity contribution in [3.63, 3.8) is 0 Å². The minimum atomic E-state index is -0.388. The summed E-state index contributed by atoms with van der Waals surface area (Å²) in [6.07, 6.45) is 3.56. The fraction of sp³-hybridized carbons (Fsp3) is 0.211. The van der Waals surface area contributed by atoms with Crippen LogP contribution in [0, 0.1) is 6.92 Å². The topological polar surface area (TPSA) is 69.0 Å². The second kappa shape index (κ2) is 7.17. The highest BCUT2D eigenvalue weighted by Crippen LogP contribution is 2.23. The molecule has 25 heavy (non-hydrogen) atoms. The number of aromatic nitrogens is 3. The summed E-state index contributed by atoms with van der Waals surface area (Å²) in [5, 5.41) is 3.03. The second-order valence-electron chi connectivity index (χ2n) is 5.74. The summed E-state index contributed by atoms with van der Waals surface area (Å²) < 4.78 is 7.10. The molecule has 0 aliphatic heterocycles. The van der Waals surface area contributed by atoms with Crippen LogP contribution in [0.25, 0.3) is 0 Å². The maximum atomic E-state index is 12.7. The lowest BCUT2D eigenvalue weighted by molar-refractivity contribution is 0.0936. The summed E-state index contributed by atoms with van der Waals surface area (Å²) in [5.74, 6) is 1.26. The van der Waals surface area contributed by atoms with Gasteiger partial charge in [0.05, 0.1) is 7.11 Å². The van der Waals surface area contributed by atoms with Gasteiger partial charge in [0.25, 0.3) is 5.91 Å². The molecule has 0 fully saturated rings. The lowest BCUT2D eigenvalue weighted by atomic mass is 10.1. The molecule has 1 atom stereocenters.